The van der Waals surface area contributed by atoms with E-state index in [0.29, 0.717) is 18.5 Å². The topological polar surface area (TPSA) is 41.1 Å². The van der Waals surface area contributed by atoms with Gasteiger partial charge in [0.15, 0.2) is 0 Å². The number of carbonyl (C=O) groups excluding carboxylic acids is 1. The zero-order valence-corrected chi connectivity index (χ0v) is 11.2. The Morgan fingerprint density at radius 2 is 2.12 bits per heavy atom. The minimum absolute atomic E-state index is 0.156. The van der Waals surface area contributed by atoms with Gasteiger partial charge in [-0.25, -0.2) is 0 Å². The maximum atomic E-state index is 11.6. The smallest absolute Gasteiger partial charge is 0.234 e. The van der Waals surface area contributed by atoms with Crippen LogP contribution < -0.4 is 10.6 Å². The highest BCUT2D eigenvalue weighted by Gasteiger charge is 2.16. The molecule has 4 heteroatoms. The Kier molecular flexibility index (Phi) is 6.88. The summed E-state index contributed by atoms with van der Waals surface area (Å²) in [5.41, 5.74) is 0. The van der Waals surface area contributed by atoms with Crippen LogP contribution in [0, 0.1) is 5.92 Å². The summed E-state index contributed by atoms with van der Waals surface area (Å²) in [6.07, 6.45) is 6.97. The van der Waals surface area contributed by atoms with E-state index in [2.05, 4.69) is 23.8 Å². The highest BCUT2D eigenvalue weighted by molar-refractivity contribution is 7.98. The van der Waals surface area contributed by atoms with Crippen molar-refractivity contribution in [1.29, 1.82) is 0 Å². The lowest BCUT2D eigenvalue weighted by Gasteiger charge is -2.14. The SMILES string of the molecule is CSCC(C)CNCC(=O)NC1CCCC1. The number of carbonyl (C=O) groups is 1. The molecule has 1 atom stereocenters. The summed E-state index contributed by atoms with van der Waals surface area (Å²) < 4.78 is 0. The standard InChI is InChI=1S/C12H24N2OS/c1-10(9-16-2)7-13-8-12(15)14-11-5-3-4-6-11/h10-11,13H,3-9H2,1-2H3,(H,14,15). The van der Waals surface area contributed by atoms with E-state index in [-0.39, 0.29) is 5.91 Å². The average molecular weight is 244 g/mol. The highest BCUT2D eigenvalue weighted by Crippen LogP contribution is 2.17. The van der Waals surface area contributed by atoms with E-state index in [1.54, 1.807) is 0 Å². The molecule has 0 bridgehead atoms. The quantitative estimate of drug-likeness (QED) is 0.715. The maximum absolute atomic E-state index is 11.6. The molecule has 1 rings (SSSR count). The van der Waals surface area contributed by atoms with Gasteiger partial charge in [0.1, 0.15) is 0 Å². The van der Waals surface area contributed by atoms with Crippen LogP contribution in [0.15, 0.2) is 0 Å². The third kappa shape index (κ3) is 5.75. The van der Waals surface area contributed by atoms with Gasteiger partial charge in [0, 0.05) is 6.04 Å². The molecule has 2 N–H and O–H groups in total. The lowest BCUT2D eigenvalue weighted by molar-refractivity contribution is -0.120. The van der Waals surface area contributed by atoms with Gasteiger partial charge in [-0.1, -0.05) is 19.8 Å². The first kappa shape index (κ1) is 13.8. The molecule has 0 aromatic carbocycles. The predicted molar refractivity (Wildman–Crippen MR) is 70.8 cm³/mol. The third-order valence-corrected chi connectivity index (χ3v) is 3.85. The summed E-state index contributed by atoms with van der Waals surface area (Å²) >= 11 is 1.85. The van der Waals surface area contributed by atoms with E-state index in [1.807, 2.05) is 11.8 Å². The molecule has 0 heterocycles. The molecule has 0 spiro atoms. The van der Waals surface area contributed by atoms with Gasteiger partial charge >= 0.3 is 0 Å². The molecule has 0 aromatic heterocycles. The van der Waals surface area contributed by atoms with Gasteiger partial charge in [-0.05, 0) is 37.3 Å². The second kappa shape index (κ2) is 7.96. The number of amides is 1. The summed E-state index contributed by atoms with van der Waals surface area (Å²) in [6, 6.07) is 0.443. The van der Waals surface area contributed by atoms with Gasteiger partial charge in [-0.2, -0.15) is 11.8 Å². The zero-order valence-electron chi connectivity index (χ0n) is 10.4. The van der Waals surface area contributed by atoms with E-state index < -0.39 is 0 Å². The number of hydrogen-bond donors (Lipinski definition) is 2. The molecule has 1 unspecified atom stereocenters. The van der Waals surface area contributed by atoms with Crippen LogP contribution in [0.2, 0.25) is 0 Å². The normalized spacial score (nSPS) is 18.6. The monoisotopic (exact) mass is 244 g/mol. The molecule has 94 valence electrons. The molecular weight excluding hydrogens is 220 g/mol. The van der Waals surface area contributed by atoms with Crippen LogP contribution in [0.25, 0.3) is 0 Å². The molecule has 0 aliphatic heterocycles. The van der Waals surface area contributed by atoms with Gasteiger partial charge in [0.25, 0.3) is 0 Å². The van der Waals surface area contributed by atoms with Crippen molar-refractivity contribution in [2.24, 2.45) is 5.92 Å². The van der Waals surface area contributed by atoms with Gasteiger partial charge in [0.2, 0.25) is 5.91 Å². The second-order valence-corrected chi connectivity index (χ2v) is 5.65. The van der Waals surface area contributed by atoms with Crippen LogP contribution in [0.1, 0.15) is 32.6 Å². The summed E-state index contributed by atoms with van der Waals surface area (Å²) in [7, 11) is 0. The zero-order chi connectivity index (χ0) is 11.8. The molecule has 3 nitrogen and oxygen atoms in total. The Morgan fingerprint density at radius 1 is 1.44 bits per heavy atom. The first-order valence-corrected chi connectivity index (χ1v) is 7.60. The van der Waals surface area contributed by atoms with E-state index in [4.69, 9.17) is 0 Å². The lowest BCUT2D eigenvalue weighted by Crippen LogP contribution is -2.40. The molecule has 16 heavy (non-hydrogen) atoms. The van der Waals surface area contributed by atoms with E-state index in [9.17, 15) is 4.79 Å². The largest absolute Gasteiger partial charge is 0.352 e. The van der Waals surface area contributed by atoms with Crippen molar-refractivity contribution in [2.75, 3.05) is 25.1 Å². The fraction of sp³-hybridized carbons (Fsp3) is 0.917. The number of hydrogen-bond acceptors (Lipinski definition) is 3. The Bertz CT molecular complexity index is 205. The van der Waals surface area contributed by atoms with Gasteiger partial charge in [-0.3, -0.25) is 4.79 Å². The van der Waals surface area contributed by atoms with Crippen molar-refractivity contribution in [3.63, 3.8) is 0 Å². The molecule has 0 aromatic rings. The van der Waals surface area contributed by atoms with Crippen LogP contribution >= 0.6 is 11.8 Å². The fourth-order valence-electron chi connectivity index (χ4n) is 2.12. The van der Waals surface area contributed by atoms with Crippen molar-refractivity contribution in [3.05, 3.63) is 0 Å². The fourth-order valence-corrected chi connectivity index (χ4v) is 2.81. The van der Waals surface area contributed by atoms with Gasteiger partial charge in [0.05, 0.1) is 6.54 Å². The number of thioether (sulfide) groups is 1. The van der Waals surface area contributed by atoms with Crippen molar-refractivity contribution < 1.29 is 4.79 Å². The molecule has 1 saturated carbocycles. The molecule has 1 aliphatic carbocycles. The predicted octanol–water partition coefficient (Wildman–Crippen LogP) is 1.63. The maximum Gasteiger partial charge on any atom is 0.234 e. The lowest BCUT2D eigenvalue weighted by atomic mass is 10.2. The Hall–Kier alpha value is -0.220. The first-order valence-electron chi connectivity index (χ1n) is 6.21. The summed E-state index contributed by atoms with van der Waals surface area (Å²) in [4.78, 5) is 11.6. The minimum Gasteiger partial charge on any atom is -0.352 e. The number of nitrogens with one attached hydrogen (secondary N) is 2. The van der Waals surface area contributed by atoms with Crippen LogP contribution in [0.3, 0.4) is 0 Å². The third-order valence-electron chi connectivity index (χ3n) is 2.95. The second-order valence-electron chi connectivity index (χ2n) is 4.74. The van der Waals surface area contributed by atoms with Crippen LogP contribution in [-0.4, -0.2) is 37.0 Å². The molecule has 0 radical (unpaired) electrons. The van der Waals surface area contributed by atoms with Crippen LogP contribution in [0.4, 0.5) is 0 Å². The van der Waals surface area contributed by atoms with Crippen LogP contribution in [-0.2, 0) is 4.79 Å². The van der Waals surface area contributed by atoms with Crippen molar-refractivity contribution in [1.82, 2.24) is 10.6 Å². The van der Waals surface area contributed by atoms with E-state index in [0.717, 1.165) is 25.1 Å². The Morgan fingerprint density at radius 3 is 2.75 bits per heavy atom. The molecule has 1 aliphatic rings. The highest BCUT2D eigenvalue weighted by atomic mass is 32.2. The summed E-state index contributed by atoms with van der Waals surface area (Å²) in [5, 5.41) is 6.30. The van der Waals surface area contributed by atoms with Crippen molar-refractivity contribution in [2.45, 2.75) is 38.6 Å². The Balaban J connectivity index is 2.01. The molecular formula is C12H24N2OS. The average Bonchev–Trinajstić information content (AvgIpc) is 2.70. The molecule has 0 saturated heterocycles. The number of rotatable bonds is 7. The Labute approximate surface area is 103 Å². The summed E-state index contributed by atoms with van der Waals surface area (Å²) in [6.45, 7) is 3.60. The van der Waals surface area contributed by atoms with Gasteiger partial charge < -0.3 is 10.6 Å². The molecule has 1 fully saturated rings. The van der Waals surface area contributed by atoms with Crippen molar-refractivity contribution in [3.8, 4) is 0 Å². The van der Waals surface area contributed by atoms with Crippen molar-refractivity contribution >= 4 is 17.7 Å². The molecule has 1 amide bonds. The van der Waals surface area contributed by atoms with Crippen LogP contribution in [0.5, 0.6) is 0 Å². The summed E-state index contributed by atoms with van der Waals surface area (Å²) in [5.74, 6) is 1.94. The first-order chi connectivity index (χ1) is 7.72. The van der Waals surface area contributed by atoms with Gasteiger partial charge in [-0.15, -0.1) is 0 Å². The minimum atomic E-state index is 0.156. The van der Waals surface area contributed by atoms with E-state index >= 15 is 0 Å². The van der Waals surface area contributed by atoms with E-state index in [1.165, 1.54) is 12.8 Å².